The maximum absolute atomic E-state index is 12.0. The molecule has 7 N–H and O–H groups in total. The van der Waals surface area contributed by atoms with Gasteiger partial charge in [-0.3, -0.25) is 4.79 Å². The Kier molecular flexibility index (Phi) is 17.1. The Bertz CT molecular complexity index is 980. The molecule has 37 heavy (non-hydrogen) atoms. The first kappa shape index (κ1) is 33.0. The Morgan fingerprint density at radius 1 is 1.30 bits per heavy atom. The van der Waals surface area contributed by atoms with Crippen LogP contribution in [0.5, 0.6) is 0 Å². The van der Waals surface area contributed by atoms with E-state index in [1.807, 2.05) is 63.9 Å². The summed E-state index contributed by atoms with van der Waals surface area (Å²) in [4.78, 5) is 25.0. The highest BCUT2D eigenvalue weighted by molar-refractivity contribution is 5.98. The van der Waals surface area contributed by atoms with Crippen LogP contribution in [0.4, 0.5) is 0 Å². The Labute approximate surface area is 222 Å². The number of nitrogens with one attached hydrogen (secondary N) is 3. The number of carbonyl (C=O) groups is 1. The van der Waals surface area contributed by atoms with E-state index in [-0.39, 0.29) is 5.91 Å². The Hall–Kier alpha value is -4.01. The fourth-order valence-corrected chi connectivity index (χ4v) is 3.15. The highest BCUT2D eigenvalue weighted by atomic mass is 16.2. The number of hydrogen-bond donors (Lipinski definition) is 5. The average Bonchev–Trinajstić information content (AvgIpc) is 3.44. The van der Waals surface area contributed by atoms with Crippen LogP contribution in [0.15, 0.2) is 90.0 Å². The Morgan fingerprint density at radius 2 is 1.97 bits per heavy atom. The van der Waals surface area contributed by atoms with Crippen molar-refractivity contribution in [1.82, 2.24) is 25.5 Å². The number of carbonyl (C=O) groups excluding carboxylic acids is 1. The molecule has 1 unspecified atom stereocenters. The zero-order valence-corrected chi connectivity index (χ0v) is 23.3. The van der Waals surface area contributed by atoms with E-state index in [2.05, 4.69) is 45.7 Å². The lowest BCUT2D eigenvalue weighted by molar-refractivity contribution is 0.0941. The average molecular weight is 511 g/mol. The summed E-state index contributed by atoms with van der Waals surface area (Å²) in [6, 6.07) is 0. The molecule has 9 heteroatoms. The second kappa shape index (κ2) is 19.2. The Balaban J connectivity index is 0.00000196. The van der Waals surface area contributed by atoms with Gasteiger partial charge in [0.1, 0.15) is 11.5 Å². The highest BCUT2D eigenvalue weighted by Gasteiger charge is 2.22. The Morgan fingerprint density at radius 3 is 2.51 bits per heavy atom. The monoisotopic (exact) mass is 510 g/mol. The van der Waals surface area contributed by atoms with E-state index in [0.29, 0.717) is 47.8 Å². The fraction of sp³-hybridized carbons (Fsp3) is 0.393. The van der Waals surface area contributed by atoms with Gasteiger partial charge in [-0.05, 0) is 39.2 Å². The summed E-state index contributed by atoms with van der Waals surface area (Å²) in [6.45, 7) is 20.9. The van der Waals surface area contributed by atoms with Crippen molar-refractivity contribution >= 4 is 11.7 Å². The predicted molar refractivity (Wildman–Crippen MR) is 156 cm³/mol. The molecule has 1 atom stereocenters. The van der Waals surface area contributed by atoms with Gasteiger partial charge in [0.15, 0.2) is 5.82 Å². The first-order valence-electron chi connectivity index (χ1n) is 12.7. The number of aromatic amines is 1. The van der Waals surface area contributed by atoms with Gasteiger partial charge >= 0.3 is 0 Å². The zero-order chi connectivity index (χ0) is 28.2. The van der Waals surface area contributed by atoms with Crippen LogP contribution in [0.1, 0.15) is 65.0 Å². The van der Waals surface area contributed by atoms with Crippen molar-refractivity contribution in [3.63, 3.8) is 0 Å². The third-order valence-electron chi connectivity index (χ3n) is 5.20. The zero-order valence-electron chi connectivity index (χ0n) is 23.3. The predicted octanol–water partition coefficient (Wildman–Crippen LogP) is 4.67. The minimum atomic E-state index is -0.218. The van der Waals surface area contributed by atoms with E-state index in [4.69, 9.17) is 11.5 Å². The minimum Gasteiger partial charge on any atom is -0.395 e. The summed E-state index contributed by atoms with van der Waals surface area (Å²) in [5.41, 5.74) is 15.0. The van der Waals surface area contributed by atoms with Gasteiger partial charge in [-0.2, -0.15) is 0 Å². The van der Waals surface area contributed by atoms with Crippen LogP contribution in [0.25, 0.3) is 0 Å². The second-order valence-corrected chi connectivity index (χ2v) is 7.84. The molecule has 0 saturated heterocycles. The van der Waals surface area contributed by atoms with Crippen LogP contribution < -0.4 is 22.1 Å². The molecule has 9 nitrogen and oxygen atoms in total. The number of rotatable bonds is 11. The molecule has 2 rings (SSSR count). The van der Waals surface area contributed by atoms with Gasteiger partial charge < -0.3 is 32.0 Å². The van der Waals surface area contributed by atoms with Crippen molar-refractivity contribution in [3.05, 3.63) is 90.9 Å². The van der Waals surface area contributed by atoms with Crippen LogP contribution in [0.3, 0.4) is 0 Å². The summed E-state index contributed by atoms with van der Waals surface area (Å²) < 4.78 is 0. The quantitative estimate of drug-likeness (QED) is 0.217. The largest absolute Gasteiger partial charge is 0.395 e. The van der Waals surface area contributed by atoms with Crippen molar-refractivity contribution in [2.24, 2.45) is 22.4 Å². The van der Waals surface area contributed by atoms with Gasteiger partial charge in [0, 0.05) is 43.6 Å². The third kappa shape index (κ3) is 12.0. The molecule has 204 valence electrons. The minimum absolute atomic E-state index is 0.218. The van der Waals surface area contributed by atoms with Crippen LogP contribution in [0, 0.1) is 5.92 Å². The number of imidazole rings is 1. The van der Waals surface area contributed by atoms with E-state index in [9.17, 15) is 4.79 Å². The molecular weight excluding hydrogens is 464 g/mol. The standard InChI is InChI=1S/C22H32N8O.C4H8.C2H6/c1-5-7-15(3)29-16(4)18(23)19-20(24)25-12-13-30(19)14-17(6-2)8-9-28-22(31)21-26-10-11-27-21;1-3-4-2;1-2/h5,7,10-13,17,29H,1,4,6,8-9,14,23H2,2-3H3,(H2,24,25)(H,26,27)(H,28,31);3-4H,1-2H3;1-2H3/b15-7+,19-18-;4-3-;. The molecule has 1 aliphatic rings. The normalized spacial score (nSPS) is 14.9. The molecule has 0 aromatic carbocycles. The number of nitrogens with two attached hydrogens (primary N) is 2. The number of amides is 1. The van der Waals surface area contributed by atoms with Crippen molar-refractivity contribution in [2.45, 2.75) is 54.4 Å². The number of H-pyrrole nitrogens is 1. The van der Waals surface area contributed by atoms with Crippen LogP contribution in [-0.2, 0) is 0 Å². The third-order valence-corrected chi connectivity index (χ3v) is 5.20. The van der Waals surface area contributed by atoms with Crippen molar-refractivity contribution in [1.29, 1.82) is 0 Å². The molecule has 0 spiro atoms. The van der Waals surface area contributed by atoms with Crippen molar-refractivity contribution in [3.8, 4) is 0 Å². The molecular formula is C28H46N8O. The highest BCUT2D eigenvalue weighted by Crippen LogP contribution is 2.21. The van der Waals surface area contributed by atoms with Crippen LogP contribution in [0.2, 0.25) is 0 Å². The van der Waals surface area contributed by atoms with E-state index >= 15 is 0 Å². The number of aliphatic imine (C=N–C) groups is 1. The van der Waals surface area contributed by atoms with E-state index in [0.717, 1.165) is 18.5 Å². The topological polar surface area (TPSA) is 137 Å². The SMILES string of the molecule is C/C=C\C.C=C/C=C(\C)NC(=C)/C(N)=C1\C(N)=NC=CN1CC(CC)CCNC(=O)c1ncc[nH]1.CC. The number of hydrogen-bond acceptors (Lipinski definition) is 7. The molecule has 1 aromatic rings. The van der Waals surface area contributed by atoms with Gasteiger partial charge in [-0.15, -0.1) is 0 Å². The molecule has 1 aromatic heterocycles. The number of aromatic nitrogens is 2. The van der Waals surface area contributed by atoms with Gasteiger partial charge in [-0.1, -0.05) is 58.6 Å². The second-order valence-electron chi connectivity index (χ2n) is 7.84. The number of amidine groups is 1. The smallest absolute Gasteiger partial charge is 0.287 e. The van der Waals surface area contributed by atoms with Crippen molar-refractivity contribution < 1.29 is 4.79 Å². The maximum Gasteiger partial charge on any atom is 0.287 e. The van der Waals surface area contributed by atoms with E-state index < -0.39 is 0 Å². The molecule has 0 aliphatic carbocycles. The molecule has 1 aliphatic heterocycles. The van der Waals surface area contributed by atoms with Gasteiger partial charge in [-0.25, -0.2) is 9.98 Å². The van der Waals surface area contributed by atoms with Crippen LogP contribution >= 0.6 is 0 Å². The molecule has 0 radical (unpaired) electrons. The lowest BCUT2D eigenvalue weighted by atomic mass is 10.0. The summed E-state index contributed by atoms with van der Waals surface area (Å²) in [7, 11) is 0. The summed E-state index contributed by atoms with van der Waals surface area (Å²) >= 11 is 0. The van der Waals surface area contributed by atoms with Gasteiger partial charge in [0.25, 0.3) is 5.91 Å². The maximum atomic E-state index is 12.0. The summed E-state index contributed by atoms with van der Waals surface area (Å²) in [6.07, 6.45) is 15.9. The number of nitrogens with zero attached hydrogens (tertiary/aromatic N) is 3. The van der Waals surface area contributed by atoms with E-state index in [1.54, 1.807) is 24.7 Å². The molecule has 2 heterocycles. The van der Waals surface area contributed by atoms with Gasteiger partial charge in [0.05, 0.1) is 11.4 Å². The first-order chi connectivity index (χ1) is 17.8. The first-order valence-corrected chi connectivity index (χ1v) is 12.7. The summed E-state index contributed by atoms with van der Waals surface area (Å²) in [5.74, 6) is 0.707. The van der Waals surface area contributed by atoms with Crippen LogP contribution in [-0.4, -0.2) is 39.7 Å². The molecule has 0 saturated carbocycles. The summed E-state index contributed by atoms with van der Waals surface area (Å²) in [5, 5.41) is 6.03. The lowest BCUT2D eigenvalue weighted by Gasteiger charge is -2.31. The number of allylic oxidation sites excluding steroid dienone is 5. The lowest BCUT2D eigenvalue weighted by Crippen LogP contribution is -2.37. The van der Waals surface area contributed by atoms with E-state index in [1.165, 1.54) is 0 Å². The molecule has 0 fully saturated rings. The van der Waals surface area contributed by atoms with Crippen molar-refractivity contribution in [2.75, 3.05) is 13.1 Å². The fourth-order valence-electron chi connectivity index (χ4n) is 3.15. The van der Waals surface area contributed by atoms with Gasteiger partial charge in [0.2, 0.25) is 0 Å². The molecule has 0 bridgehead atoms. The molecule has 1 amide bonds.